The second-order valence-electron chi connectivity index (χ2n) is 6.65. The zero-order valence-corrected chi connectivity index (χ0v) is 13.8. The molecule has 1 aliphatic heterocycles. The molecule has 1 aliphatic rings. The summed E-state index contributed by atoms with van der Waals surface area (Å²) in [6.07, 6.45) is 4.51. The molecule has 2 rings (SSSR count). The molecule has 1 aromatic rings. The van der Waals surface area contributed by atoms with E-state index in [0.29, 0.717) is 13.1 Å². The summed E-state index contributed by atoms with van der Waals surface area (Å²) in [5.41, 5.74) is 1.96. The maximum absolute atomic E-state index is 12.0. The van der Waals surface area contributed by atoms with E-state index in [1.165, 1.54) is 5.57 Å². The molecule has 1 amide bonds. The Balaban J connectivity index is 1.78. The molecule has 0 radical (unpaired) electrons. The third kappa shape index (κ3) is 4.87. The highest BCUT2D eigenvalue weighted by molar-refractivity contribution is 5.68. The number of rotatable bonds is 4. The second-order valence-corrected chi connectivity index (χ2v) is 6.65. The summed E-state index contributed by atoms with van der Waals surface area (Å²) in [5.74, 6) is 0. The van der Waals surface area contributed by atoms with Gasteiger partial charge in [-0.1, -0.05) is 11.6 Å². The number of hydrogen-bond acceptors (Lipinski definition) is 4. The van der Waals surface area contributed by atoms with Gasteiger partial charge in [-0.3, -0.25) is 5.10 Å². The lowest BCUT2D eigenvalue weighted by Crippen LogP contribution is -2.40. The highest BCUT2D eigenvalue weighted by Gasteiger charge is 2.23. The minimum Gasteiger partial charge on any atom is -0.444 e. The molecule has 0 aliphatic carbocycles. The quantitative estimate of drug-likeness (QED) is 0.839. The van der Waals surface area contributed by atoms with Crippen LogP contribution in [-0.2, 0) is 4.74 Å². The fourth-order valence-corrected chi connectivity index (χ4v) is 2.27. The first-order chi connectivity index (χ1) is 10.3. The Bertz CT molecular complexity index is 517. The number of amides is 1. The average molecular weight is 306 g/mol. The summed E-state index contributed by atoms with van der Waals surface area (Å²) in [6.45, 7) is 9.90. The number of carbonyl (C=O) groups excluding carboxylic acids is 1. The van der Waals surface area contributed by atoms with Crippen LogP contribution in [0.15, 0.2) is 23.9 Å². The fourth-order valence-electron chi connectivity index (χ4n) is 2.27. The number of aromatic amines is 1. The number of H-pyrrole nitrogens is 1. The second kappa shape index (κ2) is 6.96. The molecule has 0 aromatic carbocycles. The monoisotopic (exact) mass is 306 g/mol. The highest BCUT2D eigenvalue weighted by Crippen LogP contribution is 2.16. The van der Waals surface area contributed by atoms with Crippen molar-refractivity contribution in [2.75, 3.05) is 19.6 Å². The molecule has 1 atom stereocenters. The standard InChI is InChI=1S/C16H26N4O2/c1-12(14-5-8-18-19-14)17-11-13-6-9-20(10-7-13)15(21)22-16(2,3)4/h5-6,8,12,17H,7,9-11H2,1-4H3,(H,18,19). The number of nitrogens with zero attached hydrogens (tertiary/aromatic N) is 2. The van der Waals surface area contributed by atoms with Crippen molar-refractivity contribution in [3.8, 4) is 0 Å². The van der Waals surface area contributed by atoms with Gasteiger partial charge in [0.2, 0.25) is 0 Å². The van der Waals surface area contributed by atoms with E-state index in [9.17, 15) is 4.79 Å². The van der Waals surface area contributed by atoms with E-state index >= 15 is 0 Å². The Morgan fingerprint density at radius 2 is 2.32 bits per heavy atom. The van der Waals surface area contributed by atoms with Gasteiger partial charge in [0.1, 0.15) is 5.60 Å². The van der Waals surface area contributed by atoms with Crippen molar-refractivity contribution in [2.45, 2.75) is 45.8 Å². The molecule has 0 fully saturated rings. The van der Waals surface area contributed by atoms with E-state index in [1.54, 1.807) is 11.1 Å². The van der Waals surface area contributed by atoms with Crippen molar-refractivity contribution in [3.63, 3.8) is 0 Å². The lowest BCUT2D eigenvalue weighted by atomic mass is 10.1. The molecule has 22 heavy (non-hydrogen) atoms. The van der Waals surface area contributed by atoms with E-state index in [4.69, 9.17) is 4.74 Å². The Morgan fingerprint density at radius 1 is 1.55 bits per heavy atom. The molecular formula is C16H26N4O2. The number of nitrogens with one attached hydrogen (secondary N) is 2. The van der Waals surface area contributed by atoms with E-state index in [1.807, 2.05) is 26.8 Å². The van der Waals surface area contributed by atoms with Gasteiger partial charge in [0.15, 0.2) is 0 Å². The van der Waals surface area contributed by atoms with Crippen molar-refractivity contribution in [1.29, 1.82) is 0 Å². The van der Waals surface area contributed by atoms with Gasteiger partial charge in [0.25, 0.3) is 0 Å². The van der Waals surface area contributed by atoms with Crippen LogP contribution in [0.5, 0.6) is 0 Å². The normalized spacial score (nSPS) is 17.1. The predicted molar refractivity (Wildman–Crippen MR) is 85.5 cm³/mol. The van der Waals surface area contributed by atoms with Crippen molar-refractivity contribution in [3.05, 3.63) is 29.6 Å². The molecule has 1 aromatic heterocycles. The van der Waals surface area contributed by atoms with Crippen LogP contribution in [0.4, 0.5) is 4.79 Å². The van der Waals surface area contributed by atoms with Gasteiger partial charge >= 0.3 is 6.09 Å². The molecule has 0 saturated carbocycles. The minimum atomic E-state index is -0.442. The maximum atomic E-state index is 12.0. The van der Waals surface area contributed by atoms with Gasteiger partial charge in [-0.2, -0.15) is 5.10 Å². The third-order valence-corrected chi connectivity index (χ3v) is 3.58. The van der Waals surface area contributed by atoms with Crippen LogP contribution in [0.25, 0.3) is 0 Å². The van der Waals surface area contributed by atoms with Gasteiger partial charge in [0, 0.05) is 31.9 Å². The van der Waals surface area contributed by atoms with Gasteiger partial charge in [-0.25, -0.2) is 4.79 Å². The Morgan fingerprint density at radius 3 is 2.86 bits per heavy atom. The van der Waals surface area contributed by atoms with Crippen LogP contribution in [0.2, 0.25) is 0 Å². The molecule has 0 spiro atoms. The van der Waals surface area contributed by atoms with Crippen molar-refractivity contribution in [1.82, 2.24) is 20.4 Å². The zero-order valence-electron chi connectivity index (χ0n) is 13.8. The van der Waals surface area contributed by atoms with Crippen LogP contribution in [0, 0.1) is 0 Å². The van der Waals surface area contributed by atoms with E-state index in [-0.39, 0.29) is 12.1 Å². The summed E-state index contributed by atoms with van der Waals surface area (Å²) in [5, 5.41) is 10.4. The van der Waals surface area contributed by atoms with Crippen molar-refractivity contribution >= 4 is 6.09 Å². The third-order valence-electron chi connectivity index (χ3n) is 3.58. The Kier molecular flexibility index (Phi) is 5.24. The van der Waals surface area contributed by atoms with Crippen LogP contribution < -0.4 is 5.32 Å². The summed E-state index contributed by atoms with van der Waals surface area (Å²) in [7, 11) is 0. The van der Waals surface area contributed by atoms with Crippen molar-refractivity contribution < 1.29 is 9.53 Å². The molecular weight excluding hydrogens is 280 g/mol. The number of aromatic nitrogens is 2. The SMILES string of the molecule is CC(NCC1=CCN(C(=O)OC(C)(C)C)CC1)c1ccn[nH]1. The molecule has 0 saturated heterocycles. The van der Waals surface area contributed by atoms with Gasteiger partial charge in [0.05, 0.1) is 5.69 Å². The van der Waals surface area contributed by atoms with E-state index < -0.39 is 5.60 Å². The number of carbonyl (C=O) groups is 1. The summed E-state index contributed by atoms with van der Waals surface area (Å²) < 4.78 is 5.39. The maximum Gasteiger partial charge on any atom is 0.410 e. The smallest absolute Gasteiger partial charge is 0.410 e. The molecule has 6 nitrogen and oxygen atoms in total. The molecule has 0 bridgehead atoms. The van der Waals surface area contributed by atoms with Gasteiger partial charge < -0.3 is 15.0 Å². The molecule has 2 heterocycles. The highest BCUT2D eigenvalue weighted by atomic mass is 16.6. The van der Waals surface area contributed by atoms with Crippen LogP contribution in [0.1, 0.15) is 45.9 Å². The lowest BCUT2D eigenvalue weighted by molar-refractivity contribution is 0.0265. The summed E-state index contributed by atoms with van der Waals surface area (Å²) in [6, 6.07) is 2.20. The summed E-state index contributed by atoms with van der Waals surface area (Å²) in [4.78, 5) is 13.7. The number of hydrogen-bond donors (Lipinski definition) is 2. The molecule has 122 valence electrons. The van der Waals surface area contributed by atoms with Gasteiger partial charge in [-0.15, -0.1) is 0 Å². The zero-order chi connectivity index (χ0) is 16.2. The predicted octanol–water partition coefficient (Wildman–Crippen LogP) is 2.63. The molecule has 2 N–H and O–H groups in total. The topological polar surface area (TPSA) is 70.2 Å². The largest absolute Gasteiger partial charge is 0.444 e. The first-order valence-electron chi connectivity index (χ1n) is 7.73. The lowest BCUT2D eigenvalue weighted by Gasteiger charge is -2.29. The van der Waals surface area contributed by atoms with Crippen LogP contribution in [-0.4, -0.2) is 46.4 Å². The van der Waals surface area contributed by atoms with Gasteiger partial charge in [-0.05, 0) is 40.2 Å². The minimum absolute atomic E-state index is 0.229. The fraction of sp³-hybridized carbons (Fsp3) is 0.625. The Hall–Kier alpha value is -1.82. The van der Waals surface area contributed by atoms with E-state index in [0.717, 1.165) is 18.7 Å². The van der Waals surface area contributed by atoms with Crippen LogP contribution >= 0.6 is 0 Å². The first kappa shape index (κ1) is 16.5. The number of ether oxygens (including phenoxy) is 1. The van der Waals surface area contributed by atoms with E-state index in [2.05, 4.69) is 28.5 Å². The van der Waals surface area contributed by atoms with Crippen molar-refractivity contribution in [2.24, 2.45) is 0 Å². The molecule has 1 unspecified atom stereocenters. The summed E-state index contributed by atoms with van der Waals surface area (Å²) >= 11 is 0. The first-order valence-corrected chi connectivity index (χ1v) is 7.73. The molecule has 6 heteroatoms. The Labute approximate surface area is 131 Å². The van der Waals surface area contributed by atoms with Crippen LogP contribution in [0.3, 0.4) is 0 Å². The average Bonchev–Trinajstić information content (AvgIpc) is 2.97.